The molecule has 12 heavy (non-hydrogen) atoms. The summed E-state index contributed by atoms with van der Waals surface area (Å²) in [5, 5.41) is 0. The van der Waals surface area contributed by atoms with E-state index in [4.69, 9.17) is 0 Å². The van der Waals surface area contributed by atoms with Crippen molar-refractivity contribution in [2.45, 2.75) is 38.9 Å². The first kappa shape index (κ1) is 12.5. The fourth-order valence-electron chi connectivity index (χ4n) is 1.42. The molecule has 0 atom stereocenters. The van der Waals surface area contributed by atoms with E-state index in [1.54, 1.807) is 0 Å². The van der Waals surface area contributed by atoms with Crippen LogP contribution in [-0.2, 0) is 0 Å². The molecular formula is C8H15F2ISi. The Morgan fingerprint density at radius 2 is 1.42 bits per heavy atom. The van der Waals surface area contributed by atoms with Crippen molar-refractivity contribution in [1.82, 2.24) is 0 Å². The van der Waals surface area contributed by atoms with Crippen molar-refractivity contribution in [2.75, 3.05) is 0 Å². The maximum absolute atomic E-state index is 12.4. The Labute approximate surface area is 87.6 Å². The molecule has 0 unspecified atom stereocenters. The third-order valence-electron chi connectivity index (χ3n) is 2.66. The lowest BCUT2D eigenvalue weighted by atomic mass is 10.9. The van der Waals surface area contributed by atoms with Gasteiger partial charge in [-0.05, 0) is 22.6 Å². The van der Waals surface area contributed by atoms with Crippen molar-refractivity contribution >= 4 is 30.7 Å². The third kappa shape index (κ3) is 2.52. The van der Waals surface area contributed by atoms with E-state index in [1.807, 2.05) is 43.4 Å². The van der Waals surface area contributed by atoms with Crippen LogP contribution in [0.4, 0.5) is 8.78 Å². The van der Waals surface area contributed by atoms with Crippen LogP contribution in [0.1, 0.15) is 20.8 Å². The van der Waals surface area contributed by atoms with Crippen molar-refractivity contribution in [3.05, 3.63) is 9.28 Å². The second-order valence-corrected chi connectivity index (χ2v) is 10.2. The molecule has 0 bridgehead atoms. The summed E-state index contributed by atoms with van der Waals surface area (Å²) in [4.78, 5) is 0. The maximum atomic E-state index is 12.4. The van der Waals surface area contributed by atoms with Crippen molar-refractivity contribution in [1.29, 1.82) is 0 Å². The third-order valence-corrected chi connectivity index (χ3v) is 11.7. The fraction of sp³-hybridized carbons (Fsp3) is 0.750. The first-order valence-corrected chi connectivity index (χ1v) is 7.95. The minimum Gasteiger partial charge on any atom is -0.173 e. The average molecular weight is 304 g/mol. The Hall–Kier alpha value is 0.547. The minimum absolute atomic E-state index is 0.382. The quantitative estimate of drug-likeness (QED) is 0.527. The smallest absolute Gasteiger partial charge is 0.173 e. The van der Waals surface area contributed by atoms with E-state index in [2.05, 4.69) is 0 Å². The molecule has 0 aromatic heterocycles. The summed E-state index contributed by atoms with van der Waals surface area (Å²) in [7, 11) is -1.77. The number of rotatable bonds is 4. The molecule has 0 saturated heterocycles. The molecule has 0 aromatic rings. The summed E-state index contributed by atoms with van der Waals surface area (Å²) in [5.41, 5.74) is 0. The molecule has 0 heterocycles. The summed E-state index contributed by atoms with van der Waals surface area (Å²) in [6.07, 6.45) is -1.45. The van der Waals surface area contributed by atoms with E-state index in [0.29, 0.717) is 3.20 Å². The van der Waals surface area contributed by atoms with Gasteiger partial charge in [0.2, 0.25) is 0 Å². The SMILES string of the molecule is CC[Si](CC)(CC)C(I)=C(F)F. The van der Waals surface area contributed by atoms with Gasteiger partial charge in [-0.1, -0.05) is 38.9 Å². The largest absolute Gasteiger partial charge is 0.275 e. The molecular weight excluding hydrogens is 289 g/mol. The molecule has 0 saturated carbocycles. The van der Waals surface area contributed by atoms with Gasteiger partial charge >= 0.3 is 0 Å². The zero-order valence-corrected chi connectivity index (χ0v) is 10.9. The molecule has 0 aliphatic heterocycles. The van der Waals surface area contributed by atoms with Crippen LogP contribution < -0.4 is 0 Å². The molecule has 0 rings (SSSR count). The van der Waals surface area contributed by atoms with E-state index in [-0.39, 0.29) is 0 Å². The second-order valence-electron chi connectivity index (χ2n) is 2.92. The van der Waals surface area contributed by atoms with Crippen LogP contribution in [0.15, 0.2) is 9.28 Å². The first-order chi connectivity index (χ1) is 5.54. The van der Waals surface area contributed by atoms with Gasteiger partial charge in [0, 0.05) is 3.20 Å². The summed E-state index contributed by atoms with van der Waals surface area (Å²) in [6, 6.07) is 2.78. The van der Waals surface area contributed by atoms with Gasteiger partial charge < -0.3 is 0 Å². The molecule has 0 N–H and O–H groups in total. The highest BCUT2D eigenvalue weighted by atomic mass is 127. The van der Waals surface area contributed by atoms with Crippen molar-refractivity contribution in [3.8, 4) is 0 Å². The molecule has 0 fully saturated rings. The van der Waals surface area contributed by atoms with Gasteiger partial charge in [0.05, 0.1) is 0 Å². The maximum Gasteiger partial charge on any atom is 0.275 e. The molecule has 72 valence electrons. The molecule has 0 aliphatic rings. The van der Waals surface area contributed by atoms with Crippen LogP contribution in [0.5, 0.6) is 0 Å². The van der Waals surface area contributed by atoms with Crippen LogP contribution >= 0.6 is 22.6 Å². The van der Waals surface area contributed by atoms with Gasteiger partial charge in [-0.3, -0.25) is 0 Å². The summed E-state index contributed by atoms with van der Waals surface area (Å²) in [6.45, 7) is 6.09. The van der Waals surface area contributed by atoms with Gasteiger partial charge in [-0.15, -0.1) is 0 Å². The lowest BCUT2D eigenvalue weighted by Gasteiger charge is -2.26. The summed E-state index contributed by atoms with van der Waals surface area (Å²) in [5.74, 6) is 0. The van der Waals surface area contributed by atoms with E-state index in [0.717, 1.165) is 18.1 Å². The summed E-state index contributed by atoms with van der Waals surface area (Å²) < 4.78 is 25.2. The molecule has 4 heteroatoms. The Morgan fingerprint density at radius 3 is 1.50 bits per heavy atom. The lowest BCUT2D eigenvalue weighted by Crippen LogP contribution is -2.32. The molecule has 0 nitrogen and oxygen atoms in total. The Balaban J connectivity index is 4.84. The minimum atomic E-state index is -1.77. The zero-order chi connectivity index (χ0) is 9.78. The molecule has 0 spiro atoms. The Bertz CT molecular complexity index is 164. The lowest BCUT2D eigenvalue weighted by molar-refractivity contribution is 0.422. The van der Waals surface area contributed by atoms with Crippen LogP contribution in [0.3, 0.4) is 0 Å². The number of halogens is 3. The van der Waals surface area contributed by atoms with Crippen molar-refractivity contribution in [3.63, 3.8) is 0 Å². The van der Waals surface area contributed by atoms with E-state index in [1.165, 1.54) is 0 Å². The second kappa shape index (κ2) is 5.31. The van der Waals surface area contributed by atoms with E-state index >= 15 is 0 Å². The van der Waals surface area contributed by atoms with E-state index in [9.17, 15) is 8.78 Å². The van der Waals surface area contributed by atoms with Crippen LogP contribution in [0, 0.1) is 0 Å². The van der Waals surface area contributed by atoms with Crippen LogP contribution in [-0.4, -0.2) is 8.07 Å². The Kier molecular flexibility index (Phi) is 5.56. The summed E-state index contributed by atoms with van der Waals surface area (Å²) >= 11 is 1.84. The van der Waals surface area contributed by atoms with Gasteiger partial charge in [-0.2, -0.15) is 8.78 Å². The molecule has 0 aliphatic carbocycles. The van der Waals surface area contributed by atoms with Gasteiger partial charge in [0.15, 0.2) is 0 Å². The highest BCUT2D eigenvalue weighted by Gasteiger charge is 2.33. The molecule has 0 aromatic carbocycles. The normalized spacial score (nSPS) is 11.5. The number of hydrogen-bond acceptors (Lipinski definition) is 0. The highest BCUT2D eigenvalue weighted by Crippen LogP contribution is 2.35. The van der Waals surface area contributed by atoms with Gasteiger partial charge in [-0.25, -0.2) is 0 Å². The fourth-order valence-corrected chi connectivity index (χ4v) is 7.68. The number of hydrogen-bond donors (Lipinski definition) is 0. The standard InChI is InChI=1S/C8H15F2ISi/c1-4-12(5-2,6-3)8(11)7(9)10/h4-6H2,1-3H3. The highest BCUT2D eigenvalue weighted by molar-refractivity contribution is 14.1. The predicted octanol–water partition coefficient (Wildman–Crippen LogP) is 4.58. The molecule has 0 amide bonds. The predicted molar refractivity (Wildman–Crippen MR) is 60.5 cm³/mol. The first-order valence-electron chi connectivity index (χ1n) is 4.25. The van der Waals surface area contributed by atoms with E-state index < -0.39 is 14.2 Å². The van der Waals surface area contributed by atoms with Crippen molar-refractivity contribution < 1.29 is 8.78 Å². The van der Waals surface area contributed by atoms with Crippen molar-refractivity contribution in [2.24, 2.45) is 0 Å². The average Bonchev–Trinajstić information content (AvgIpc) is 2.08. The topological polar surface area (TPSA) is 0 Å². The van der Waals surface area contributed by atoms with Crippen LogP contribution in [0.2, 0.25) is 18.1 Å². The molecule has 0 radical (unpaired) electrons. The van der Waals surface area contributed by atoms with Gasteiger partial charge in [0.25, 0.3) is 6.08 Å². The Morgan fingerprint density at radius 1 is 1.08 bits per heavy atom. The zero-order valence-electron chi connectivity index (χ0n) is 7.76. The van der Waals surface area contributed by atoms with Gasteiger partial charge in [0.1, 0.15) is 8.07 Å². The monoisotopic (exact) mass is 304 g/mol. The van der Waals surface area contributed by atoms with Crippen LogP contribution in [0.25, 0.3) is 0 Å².